The summed E-state index contributed by atoms with van der Waals surface area (Å²) < 4.78 is 6.01. The third kappa shape index (κ3) is 4.05. The van der Waals surface area contributed by atoms with Crippen LogP contribution in [0.2, 0.25) is 0 Å². The number of methoxy groups -OCH3 is 1. The lowest BCUT2D eigenvalue weighted by Crippen LogP contribution is -2.30. The van der Waals surface area contributed by atoms with E-state index in [0.29, 0.717) is 6.54 Å². The van der Waals surface area contributed by atoms with Gasteiger partial charge in [0.2, 0.25) is 0 Å². The number of hydrogen-bond donors (Lipinski definition) is 0. The molecule has 1 saturated heterocycles. The monoisotopic (exact) mass is 325 g/mol. The maximum Gasteiger partial charge on any atom is 0.176 e. The Morgan fingerprint density at radius 3 is 2.53 bits per heavy atom. The molecule has 0 bridgehead atoms. The predicted molar refractivity (Wildman–Crippen MR) is 79.9 cm³/mol. The van der Waals surface area contributed by atoms with Crippen LogP contribution in [0.15, 0.2) is 22.7 Å². The average Bonchev–Trinajstić information content (AvgIpc) is 2.67. The average molecular weight is 326 g/mol. The smallest absolute Gasteiger partial charge is 0.176 e. The number of ketones is 1. The van der Waals surface area contributed by atoms with Gasteiger partial charge in [0.1, 0.15) is 5.75 Å². The number of halogens is 1. The van der Waals surface area contributed by atoms with Crippen LogP contribution in [0.3, 0.4) is 0 Å². The van der Waals surface area contributed by atoms with Gasteiger partial charge in [0, 0.05) is 5.56 Å². The number of hydrogen-bond acceptors (Lipinski definition) is 3. The fourth-order valence-electron chi connectivity index (χ4n) is 2.43. The number of Topliss-reactive ketones (excluding diaryl/α,β-unsaturated/α-hetero) is 1. The Labute approximate surface area is 123 Å². The fourth-order valence-corrected chi connectivity index (χ4v) is 2.97. The molecule has 0 radical (unpaired) electrons. The van der Waals surface area contributed by atoms with Gasteiger partial charge in [0.25, 0.3) is 0 Å². The summed E-state index contributed by atoms with van der Waals surface area (Å²) in [6.07, 6.45) is 5.00. The highest BCUT2D eigenvalue weighted by molar-refractivity contribution is 9.10. The molecule has 0 aliphatic carbocycles. The molecule has 1 aliphatic heterocycles. The van der Waals surface area contributed by atoms with E-state index in [0.717, 1.165) is 28.9 Å². The topological polar surface area (TPSA) is 29.5 Å². The van der Waals surface area contributed by atoms with Crippen LogP contribution < -0.4 is 4.74 Å². The Morgan fingerprint density at radius 2 is 1.95 bits per heavy atom. The SMILES string of the molecule is COc1ccc(C(=O)CN2CCCCCC2)cc1Br. The quantitative estimate of drug-likeness (QED) is 0.793. The third-order valence-electron chi connectivity index (χ3n) is 3.54. The van der Waals surface area contributed by atoms with Gasteiger partial charge in [-0.3, -0.25) is 9.69 Å². The van der Waals surface area contributed by atoms with Crippen molar-refractivity contribution in [3.05, 3.63) is 28.2 Å². The standard InChI is InChI=1S/C15H20BrNO2/c1-19-15-7-6-12(10-13(15)16)14(18)11-17-8-4-2-3-5-9-17/h6-7,10H,2-5,8-9,11H2,1H3. The van der Waals surface area contributed by atoms with Gasteiger partial charge >= 0.3 is 0 Å². The van der Waals surface area contributed by atoms with Crippen LogP contribution in [-0.4, -0.2) is 37.4 Å². The molecular weight excluding hydrogens is 306 g/mol. The number of nitrogens with zero attached hydrogens (tertiary/aromatic N) is 1. The second-order valence-corrected chi connectivity index (χ2v) is 5.82. The molecule has 1 aromatic carbocycles. The molecule has 4 heteroatoms. The van der Waals surface area contributed by atoms with E-state index in [-0.39, 0.29) is 5.78 Å². The van der Waals surface area contributed by atoms with Crippen LogP contribution in [-0.2, 0) is 0 Å². The molecule has 1 fully saturated rings. The normalized spacial score (nSPS) is 16.9. The number of likely N-dealkylation sites (tertiary alicyclic amines) is 1. The summed E-state index contributed by atoms with van der Waals surface area (Å²) >= 11 is 3.42. The Balaban J connectivity index is 2.00. The van der Waals surface area contributed by atoms with E-state index in [1.54, 1.807) is 7.11 Å². The zero-order chi connectivity index (χ0) is 13.7. The number of ether oxygens (including phenoxy) is 1. The lowest BCUT2D eigenvalue weighted by molar-refractivity contribution is 0.0933. The molecule has 0 amide bonds. The van der Waals surface area contributed by atoms with Crippen molar-refractivity contribution < 1.29 is 9.53 Å². The molecule has 0 saturated carbocycles. The summed E-state index contributed by atoms with van der Waals surface area (Å²) in [4.78, 5) is 14.5. The highest BCUT2D eigenvalue weighted by Crippen LogP contribution is 2.25. The molecule has 0 aromatic heterocycles. The highest BCUT2D eigenvalue weighted by Gasteiger charge is 2.15. The second kappa shape index (κ2) is 7.06. The first-order chi connectivity index (χ1) is 9.20. The maximum absolute atomic E-state index is 12.3. The molecule has 0 atom stereocenters. The predicted octanol–water partition coefficient (Wildman–Crippen LogP) is 3.52. The molecule has 0 unspecified atom stereocenters. The first-order valence-corrected chi connectivity index (χ1v) is 7.59. The number of rotatable bonds is 4. The van der Waals surface area contributed by atoms with Gasteiger partial charge in [-0.1, -0.05) is 12.8 Å². The first-order valence-electron chi connectivity index (χ1n) is 6.80. The van der Waals surface area contributed by atoms with Crippen molar-refractivity contribution in [3.8, 4) is 5.75 Å². The summed E-state index contributed by atoms with van der Waals surface area (Å²) in [5.41, 5.74) is 0.747. The largest absolute Gasteiger partial charge is 0.496 e. The Morgan fingerprint density at radius 1 is 1.26 bits per heavy atom. The summed E-state index contributed by atoms with van der Waals surface area (Å²) in [5.74, 6) is 0.941. The van der Waals surface area contributed by atoms with E-state index in [1.165, 1.54) is 25.7 Å². The van der Waals surface area contributed by atoms with Gasteiger partial charge in [-0.25, -0.2) is 0 Å². The molecule has 19 heavy (non-hydrogen) atoms. The summed E-state index contributed by atoms with van der Waals surface area (Å²) in [7, 11) is 1.62. The summed E-state index contributed by atoms with van der Waals surface area (Å²) in [6.45, 7) is 2.62. The highest BCUT2D eigenvalue weighted by atomic mass is 79.9. The zero-order valence-corrected chi connectivity index (χ0v) is 12.9. The molecule has 0 N–H and O–H groups in total. The van der Waals surface area contributed by atoms with Crippen molar-refractivity contribution >= 4 is 21.7 Å². The van der Waals surface area contributed by atoms with Crippen LogP contribution in [0.5, 0.6) is 5.75 Å². The Kier molecular flexibility index (Phi) is 5.40. The van der Waals surface area contributed by atoms with Gasteiger partial charge in [0.05, 0.1) is 18.1 Å². The van der Waals surface area contributed by atoms with E-state index >= 15 is 0 Å². The van der Waals surface area contributed by atoms with Crippen molar-refractivity contribution in [2.24, 2.45) is 0 Å². The minimum absolute atomic E-state index is 0.185. The summed E-state index contributed by atoms with van der Waals surface area (Å²) in [6, 6.07) is 5.52. The van der Waals surface area contributed by atoms with E-state index < -0.39 is 0 Å². The van der Waals surface area contributed by atoms with Crippen molar-refractivity contribution in [2.75, 3.05) is 26.7 Å². The van der Waals surface area contributed by atoms with Crippen LogP contribution in [0.25, 0.3) is 0 Å². The van der Waals surface area contributed by atoms with E-state index in [4.69, 9.17) is 4.74 Å². The fraction of sp³-hybridized carbons (Fsp3) is 0.533. The van der Waals surface area contributed by atoms with Crippen LogP contribution in [0.4, 0.5) is 0 Å². The Bertz CT molecular complexity index is 440. The molecule has 2 rings (SSSR count). The maximum atomic E-state index is 12.3. The van der Waals surface area contributed by atoms with E-state index in [2.05, 4.69) is 20.8 Å². The molecule has 1 aromatic rings. The third-order valence-corrected chi connectivity index (χ3v) is 4.16. The van der Waals surface area contributed by atoms with Crippen molar-refractivity contribution in [1.29, 1.82) is 0 Å². The van der Waals surface area contributed by atoms with Gasteiger partial charge in [-0.05, 0) is 60.1 Å². The zero-order valence-electron chi connectivity index (χ0n) is 11.3. The molecule has 0 spiro atoms. The van der Waals surface area contributed by atoms with Crippen molar-refractivity contribution in [1.82, 2.24) is 4.90 Å². The van der Waals surface area contributed by atoms with Crippen molar-refractivity contribution in [3.63, 3.8) is 0 Å². The number of benzene rings is 1. The van der Waals surface area contributed by atoms with E-state index in [9.17, 15) is 4.79 Å². The minimum atomic E-state index is 0.185. The van der Waals surface area contributed by atoms with Crippen LogP contribution in [0.1, 0.15) is 36.0 Å². The molecular formula is C15H20BrNO2. The molecule has 1 heterocycles. The minimum Gasteiger partial charge on any atom is -0.496 e. The van der Waals surface area contributed by atoms with Gasteiger partial charge in [0.15, 0.2) is 5.78 Å². The van der Waals surface area contributed by atoms with Crippen LogP contribution >= 0.6 is 15.9 Å². The molecule has 1 aliphatic rings. The van der Waals surface area contributed by atoms with Crippen LogP contribution in [0, 0.1) is 0 Å². The lowest BCUT2D eigenvalue weighted by atomic mass is 10.1. The van der Waals surface area contributed by atoms with Gasteiger partial charge < -0.3 is 4.74 Å². The second-order valence-electron chi connectivity index (χ2n) is 4.96. The van der Waals surface area contributed by atoms with Crippen molar-refractivity contribution in [2.45, 2.75) is 25.7 Å². The Hall–Kier alpha value is -0.870. The molecule has 104 valence electrons. The lowest BCUT2D eigenvalue weighted by Gasteiger charge is -2.18. The van der Waals surface area contributed by atoms with E-state index in [1.807, 2.05) is 18.2 Å². The number of carbonyl (C=O) groups excluding carboxylic acids is 1. The molecule has 3 nitrogen and oxygen atoms in total. The first kappa shape index (κ1) is 14.5. The van der Waals surface area contributed by atoms with Gasteiger partial charge in [-0.15, -0.1) is 0 Å². The summed E-state index contributed by atoms with van der Waals surface area (Å²) in [5, 5.41) is 0. The number of carbonyl (C=O) groups is 1. The van der Waals surface area contributed by atoms with Gasteiger partial charge in [-0.2, -0.15) is 0 Å².